The first-order valence-electron chi connectivity index (χ1n) is 9.02. The van der Waals surface area contributed by atoms with Crippen LogP contribution in [-0.2, 0) is 10.0 Å². The molecule has 5 nitrogen and oxygen atoms in total. The Morgan fingerprint density at radius 3 is 1.93 bits per heavy atom. The summed E-state index contributed by atoms with van der Waals surface area (Å²) in [6, 6.07) is 12.1. The minimum Gasteiger partial charge on any atom is -0.321 e. The van der Waals surface area contributed by atoms with Gasteiger partial charge in [0.05, 0.1) is 4.90 Å². The molecule has 0 aliphatic carbocycles. The van der Waals surface area contributed by atoms with E-state index in [9.17, 15) is 13.2 Å². The van der Waals surface area contributed by atoms with Crippen molar-refractivity contribution in [3.63, 3.8) is 0 Å². The summed E-state index contributed by atoms with van der Waals surface area (Å²) >= 11 is 0. The van der Waals surface area contributed by atoms with Gasteiger partial charge >= 0.3 is 0 Å². The molecule has 0 saturated heterocycles. The third kappa shape index (κ3) is 4.57. The van der Waals surface area contributed by atoms with E-state index in [4.69, 9.17) is 0 Å². The molecule has 0 aliphatic heterocycles. The van der Waals surface area contributed by atoms with Gasteiger partial charge in [0.25, 0.3) is 5.91 Å². The van der Waals surface area contributed by atoms with E-state index >= 15 is 0 Å². The van der Waals surface area contributed by atoms with Crippen LogP contribution in [0, 0.1) is 0 Å². The molecule has 1 N–H and O–H groups in total. The first-order chi connectivity index (χ1) is 12.6. The molecule has 2 aromatic carbocycles. The number of benzene rings is 2. The first-order valence-corrected chi connectivity index (χ1v) is 10.5. The molecule has 0 radical (unpaired) electrons. The van der Waals surface area contributed by atoms with Crippen LogP contribution in [-0.4, -0.2) is 32.7 Å². The molecule has 0 saturated carbocycles. The molecule has 2 aromatic rings. The number of amides is 1. The smallest absolute Gasteiger partial charge is 0.255 e. The molecule has 0 heterocycles. The molecule has 0 fully saturated rings. The minimum atomic E-state index is -3.60. The lowest BCUT2D eigenvalue weighted by Crippen LogP contribution is -2.23. The Kier molecular flexibility index (Phi) is 6.44. The summed E-state index contributed by atoms with van der Waals surface area (Å²) in [6.07, 6.45) is 0. The van der Waals surface area contributed by atoms with Crippen LogP contribution in [0.1, 0.15) is 61.0 Å². The van der Waals surface area contributed by atoms with E-state index in [0.717, 1.165) is 21.1 Å². The van der Waals surface area contributed by atoms with E-state index in [1.807, 2.05) is 18.2 Å². The SMILES string of the molecule is CC(C)c1cccc(C(C)C)c1NC(=O)c1cccc(S(=O)(=O)N(C)C)c1. The number of rotatable bonds is 6. The largest absolute Gasteiger partial charge is 0.321 e. The number of hydrogen-bond donors (Lipinski definition) is 1. The zero-order chi connectivity index (χ0) is 20.4. The van der Waals surface area contributed by atoms with Crippen molar-refractivity contribution in [2.24, 2.45) is 0 Å². The molecule has 0 bridgehead atoms. The predicted molar refractivity (Wildman–Crippen MR) is 110 cm³/mol. The third-order valence-electron chi connectivity index (χ3n) is 4.49. The van der Waals surface area contributed by atoms with Crippen LogP contribution in [0.3, 0.4) is 0 Å². The van der Waals surface area contributed by atoms with Gasteiger partial charge < -0.3 is 5.32 Å². The maximum atomic E-state index is 12.9. The fourth-order valence-corrected chi connectivity index (χ4v) is 3.84. The van der Waals surface area contributed by atoms with E-state index < -0.39 is 10.0 Å². The summed E-state index contributed by atoms with van der Waals surface area (Å²) in [5.41, 5.74) is 3.25. The number of hydrogen-bond acceptors (Lipinski definition) is 3. The van der Waals surface area contributed by atoms with Crippen LogP contribution in [0.2, 0.25) is 0 Å². The topological polar surface area (TPSA) is 66.5 Å². The average Bonchev–Trinajstić information content (AvgIpc) is 2.61. The number of anilines is 1. The lowest BCUT2D eigenvalue weighted by molar-refractivity contribution is 0.102. The molecule has 0 aromatic heterocycles. The molecule has 0 aliphatic rings. The summed E-state index contributed by atoms with van der Waals surface area (Å²) in [6.45, 7) is 8.33. The maximum absolute atomic E-state index is 12.9. The van der Waals surface area contributed by atoms with Gasteiger partial charge in [-0.1, -0.05) is 52.0 Å². The van der Waals surface area contributed by atoms with E-state index in [1.165, 1.54) is 26.2 Å². The summed E-state index contributed by atoms with van der Waals surface area (Å²) in [5.74, 6) is 0.180. The quantitative estimate of drug-likeness (QED) is 0.796. The Labute approximate surface area is 162 Å². The van der Waals surface area contributed by atoms with Gasteiger partial charge in [-0.15, -0.1) is 0 Å². The monoisotopic (exact) mass is 388 g/mol. The van der Waals surface area contributed by atoms with Gasteiger partial charge in [-0.25, -0.2) is 12.7 Å². The van der Waals surface area contributed by atoms with Crippen molar-refractivity contribution in [3.05, 3.63) is 59.2 Å². The molecule has 27 heavy (non-hydrogen) atoms. The number of nitrogens with one attached hydrogen (secondary N) is 1. The van der Waals surface area contributed by atoms with Gasteiger partial charge in [0.15, 0.2) is 0 Å². The summed E-state index contributed by atoms with van der Waals surface area (Å²) in [4.78, 5) is 13.0. The zero-order valence-electron chi connectivity index (χ0n) is 16.8. The summed E-state index contributed by atoms with van der Waals surface area (Å²) in [7, 11) is -0.659. The average molecular weight is 389 g/mol. The number of sulfonamides is 1. The van der Waals surface area contributed by atoms with Crippen molar-refractivity contribution in [1.29, 1.82) is 0 Å². The Bertz CT molecular complexity index is 906. The lowest BCUT2D eigenvalue weighted by Gasteiger charge is -2.20. The van der Waals surface area contributed by atoms with Crippen LogP contribution < -0.4 is 5.32 Å². The summed E-state index contributed by atoms with van der Waals surface area (Å²) in [5, 5.41) is 3.02. The lowest BCUT2D eigenvalue weighted by atomic mass is 9.92. The minimum absolute atomic E-state index is 0.0985. The fourth-order valence-electron chi connectivity index (χ4n) is 2.89. The van der Waals surface area contributed by atoms with Gasteiger partial charge in [0, 0.05) is 25.3 Å². The van der Waals surface area contributed by atoms with Crippen LogP contribution in [0.15, 0.2) is 47.4 Å². The number of para-hydroxylation sites is 1. The second-order valence-electron chi connectivity index (χ2n) is 7.39. The molecule has 146 valence electrons. The molecule has 1 amide bonds. The van der Waals surface area contributed by atoms with Crippen molar-refractivity contribution in [2.45, 2.75) is 44.4 Å². The first kappa shape index (κ1) is 21.1. The fraction of sp³-hybridized carbons (Fsp3) is 0.381. The van der Waals surface area contributed by atoms with Crippen molar-refractivity contribution in [3.8, 4) is 0 Å². The third-order valence-corrected chi connectivity index (χ3v) is 6.30. The Morgan fingerprint density at radius 2 is 1.44 bits per heavy atom. The zero-order valence-corrected chi connectivity index (χ0v) is 17.6. The maximum Gasteiger partial charge on any atom is 0.255 e. The number of carbonyl (C=O) groups is 1. The van der Waals surface area contributed by atoms with Crippen LogP contribution in [0.5, 0.6) is 0 Å². The molecular weight excluding hydrogens is 360 g/mol. The van der Waals surface area contributed by atoms with E-state index in [2.05, 4.69) is 33.0 Å². The highest BCUT2D eigenvalue weighted by Crippen LogP contribution is 2.32. The van der Waals surface area contributed by atoms with E-state index in [-0.39, 0.29) is 22.6 Å². The second kappa shape index (κ2) is 8.23. The molecule has 6 heteroatoms. The van der Waals surface area contributed by atoms with Crippen molar-refractivity contribution >= 4 is 21.6 Å². The van der Waals surface area contributed by atoms with Gasteiger partial charge in [-0.2, -0.15) is 0 Å². The Morgan fingerprint density at radius 1 is 0.926 bits per heavy atom. The van der Waals surface area contributed by atoms with Gasteiger partial charge in [-0.3, -0.25) is 4.79 Å². The van der Waals surface area contributed by atoms with Crippen molar-refractivity contribution in [2.75, 3.05) is 19.4 Å². The molecule has 2 rings (SSSR count). The van der Waals surface area contributed by atoms with Gasteiger partial charge in [0.2, 0.25) is 10.0 Å². The van der Waals surface area contributed by atoms with Crippen LogP contribution in [0.4, 0.5) is 5.69 Å². The Hall–Kier alpha value is -2.18. The van der Waals surface area contributed by atoms with Crippen LogP contribution >= 0.6 is 0 Å². The normalized spacial score (nSPS) is 12.0. The molecule has 0 spiro atoms. The number of carbonyl (C=O) groups excluding carboxylic acids is 1. The highest BCUT2D eigenvalue weighted by molar-refractivity contribution is 7.89. The van der Waals surface area contributed by atoms with Crippen molar-refractivity contribution < 1.29 is 13.2 Å². The predicted octanol–water partition coefficient (Wildman–Crippen LogP) is 4.44. The van der Waals surface area contributed by atoms with E-state index in [1.54, 1.807) is 12.1 Å². The second-order valence-corrected chi connectivity index (χ2v) is 9.54. The molecule has 0 atom stereocenters. The van der Waals surface area contributed by atoms with Gasteiger partial charge in [0.1, 0.15) is 0 Å². The highest BCUT2D eigenvalue weighted by atomic mass is 32.2. The Balaban J connectivity index is 2.45. The molecule has 0 unspecified atom stereocenters. The summed E-state index contributed by atoms with van der Waals surface area (Å²) < 4.78 is 25.8. The van der Waals surface area contributed by atoms with Crippen LogP contribution in [0.25, 0.3) is 0 Å². The van der Waals surface area contributed by atoms with E-state index in [0.29, 0.717) is 5.56 Å². The highest BCUT2D eigenvalue weighted by Gasteiger charge is 2.20. The van der Waals surface area contributed by atoms with Gasteiger partial charge in [-0.05, 0) is 41.2 Å². The van der Waals surface area contributed by atoms with Crippen molar-refractivity contribution in [1.82, 2.24) is 4.31 Å². The molecular formula is C21H28N2O3S. The number of nitrogens with zero attached hydrogens (tertiary/aromatic N) is 1. The standard InChI is InChI=1S/C21H28N2O3S/c1-14(2)18-11-8-12-19(15(3)4)20(18)22-21(24)16-9-7-10-17(13-16)27(25,26)23(5)6/h7-15H,1-6H3,(H,22,24).